The predicted molar refractivity (Wildman–Crippen MR) is 192 cm³/mol. The number of hydrogen-bond donors (Lipinski definition) is 1. The summed E-state index contributed by atoms with van der Waals surface area (Å²) in [5.74, 6) is 1.09. The van der Waals surface area contributed by atoms with Gasteiger partial charge >= 0.3 is 12.1 Å². The fourth-order valence-electron chi connectivity index (χ4n) is 7.78. The molecule has 4 heterocycles. The largest absolute Gasteiger partial charge is 0.461 e. The number of hydrazine groups is 1. The molecule has 13 heteroatoms. The summed E-state index contributed by atoms with van der Waals surface area (Å²) in [5.41, 5.74) is 5.14. The molecule has 3 aromatic carbocycles. The Bertz CT molecular complexity index is 2090. The number of carbonyl (C=O) groups excluding carboxylic acids is 1. The van der Waals surface area contributed by atoms with Crippen LogP contribution < -0.4 is 15.5 Å². The van der Waals surface area contributed by atoms with Gasteiger partial charge in [0.2, 0.25) is 0 Å². The highest BCUT2D eigenvalue weighted by atomic mass is 35.5. The van der Waals surface area contributed by atoms with Crippen LogP contribution in [0.5, 0.6) is 6.01 Å². The quantitative estimate of drug-likeness (QED) is 0.164. The average Bonchev–Trinajstić information content (AvgIpc) is 3.46. The Morgan fingerprint density at radius 3 is 2.67 bits per heavy atom. The summed E-state index contributed by atoms with van der Waals surface area (Å²) in [6.07, 6.45) is 8.41. The van der Waals surface area contributed by atoms with Crippen LogP contribution in [-0.2, 0) is 4.74 Å². The van der Waals surface area contributed by atoms with E-state index < -0.39 is 35.0 Å². The lowest BCUT2D eigenvalue weighted by molar-refractivity contribution is 0.0232. The van der Waals surface area contributed by atoms with Crippen LogP contribution in [0, 0.1) is 24.0 Å². The van der Waals surface area contributed by atoms with Gasteiger partial charge in [0.05, 0.1) is 16.1 Å². The van der Waals surface area contributed by atoms with E-state index in [-0.39, 0.29) is 62.1 Å². The lowest BCUT2D eigenvalue weighted by Crippen LogP contribution is -2.49. The summed E-state index contributed by atoms with van der Waals surface area (Å²) in [4.78, 5) is 25.1. The van der Waals surface area contributed by atoms with Crippen molar-refractivity contribution in [1.82, 2.24) is 19.9 Å². The number of amides is 1. The van der Waals surface area contributed by atoms with Gasteiger partial charge in [-0.15, -0.1) is 6.42 Å². The topological polar surface area (TPSA) is 97.0 Å². The summed E-state index contributed by atoms with van der Waals surface area (Å²) in [5, 5.41) is 4.09. The number of hydrogen-bond acceptors (Lipinski definition) is 8. The SMILES string of the molecule is C#Cc1c(F)ccc2cc(N)cc(-c3c(Cl)cc4c(N5CCCCCN5C(=O)OC(C)(C)C)nc(OC[C@@]56CCCN5C[C@H](F)C6)nc4c3F)c12. The summed E-state index contributed by atoms with van der Waals surface area (Å²) in [6.45, 7) is 7.22. The minimum Gasteiger partial charge on any atom is -0.461 e. The Labute approximate surface area is 299 Å². The first-order valence-electron chi connectivity index (χ1n) is 17.3. The highest BCUT2D eigenvalue weighted by Crippen LogP contribution is 2.44. The molecular formula is C38H40ClF3N6O3. The Morgan fingerprint density at radius 1 is 1.12 bits per heavy atom. The van der Waals surface area contributed by atoms with Gasteiger partial charge in [0.25, 0.3) is 0 Å². The molecule has 4 aromatic rings. The molecule has 0 saturated carbocycles. The molecule has 2 atom stereocenters. The molecule has 0 bridgehead atoms. The molecule has 1 aromatic heterocycles. The highest BCUT2D eigenvalue weighted by Gasteiger charge is 2.49. The van der Waals surface area contributed by atoms with Crippen LogP contribution in [0.3, 0.4) is 0 Å². The average molecular weight is 721 g/mol. The van der Waals surface area contributed by atoms with Crippen LogP contribution in [0.2, 0.25) is 5.02 Å². The number of fused-ring (bicyclic) bond motifs is 3. The third-order valence-electron chi connectivity index (χ3n) is 9.96. The van der Waals surface area contributed by atoms with E-state index in [0.717, 1.165) is 25.8 Å². The Balaban J connectivity index is 1.43. The zero-order valence-corrected chi connectivity index (χ0v) is 29.6. The van der Waals surface area contributed by atoms with E-state index in [1.807, 2.05) is 0 Å². The zero-order chi connectivity index (χ0) is 36.2. The van der Waals surface area contributed by atoms with Crippen LogP contribution in [-0.4, -0.2) is 76.1 Å². The molecule has 9 nitrogen and oxygen atoms in total. The van der Waals surface area contributed by atoms with Gasteiger partial charge in [-0.3, -0.25) is 9.91 Å². The van der Waals surface area contributed by atoms with Gasteiger partial charge in [0.15, 0.2) is 11.6 Å². The molecule has 2 N–H and O–H groups in total. The molecule has 0 radical (unpaired) electrons. The second kappa shape index (κ2) is 13.3. The first kappa shape index (κ1) is 35.0. The molecule has 3 aliphatic heterocycles. The van der Waals surface area contributed by atoms with Crippen molar-refractivity contribution in [3.05, 3.63) is 52.6 Å². The molecule has 3 saturated heterocycles. The number of terminal acetylenes is 1. The molecule has 0 aliphatic carbocycles. The van der Waals surface area contributed by atoms with Crippen molar-refractivity contribution < 1.29 is 27.4 Å². The fourth-order valence-corrected chi connectivity index (χ4v) is 8.08. The third kappa shape index (κ3) is 6.46. The second-order valence-electron chi connectivity index (χ2n) is 14.7. The molecule has 0 unspecified atom stereocenters. The van der Waals surface area contributed by atoms with Crippen molar-refractivity contribution in [1.29, 1.82) is 0 Å². The second-order valence-corrected chi connectivity index (χ2v) is 15.1. The van der Waals surface area contributed by atoms with Gasteiger partial charge < -0.3 is 15.2 Å². The van der Waals surface area contributed by atoms with E-state index in [4.69, 9.17) is 38.2 Å². The maximum atomic E-state index is 17.3. The van der Waals surface area contributed by atoms with Crippen molar-refractivity contribution in [2.45, 2.75) is 76.6 Å². The normalized spacial score (nSPS) is 21.2. The summed E-state index contributed by atoms with van der Waals surface area (Å²) in [7, 11) is 0. The van der Waals surface area contributed by atoms with Gasteiger partial charge in [-0.2, -0.15) is 9.97 Å². The molecule has 1 amide bonds. The standard InChI is InChI=1S/C38H40ClF3N6O3/c1-5-25-29(41)11-10-22-16-24(43)17-26(30(22)25)31-28(39)18-27-33(32(31)42)44-35(50-21-38-12-9-13-46(38)20-23(40)19-38)45-34(27)47-14-7-6-8-15-48(47)36(49)51-37(2,3)4/h1,10-11,16-18,23H,6-9,12-15,19-21,43H2,2-4H3/t23-,38+/m1/s1. The number of carbonyl (C=O) groups is 1. The van der Waals surface area contributed by atoms with E-state index >= 15 is 8.78 Å². The molecular weight excluding hydrogens is 681 g/mol. The van der Waals surface area contributed by atoms with Crippen molar-refractivity contribution in [3.8, 4) is 29.5 Å². The van der Waals surface area contributed by atoms with Crippen molar-refractivity contribution in [3.63, 3.8) is 0 Å². The number of nitrogen functional groups attached to an aromatic ring is 1. The van der Waals surface area contributed by atoms with Crippen LogP contribution in [0.25, 0.3) is 32.8 Å². The van der Waals surface area contributed by atoms with Crippen LogP contribution >= 0.6 is 11.6 Å². The molecule has 51 heavy (non-hydrogen) atoms. The Hall–Kier alpha value is -4.47. The number of aromatic nitrogens is 2. The van der Waals surface area contributed by atoms with Gasteiger partial charge in [-0.05, 0) is 94.6 Å². The number of nitrogens with two attached hydrogens (primary N) is 1. The monoisotopic (exact) mass is 720 g/mol. The van der Waals surface area contributed by atoms with E-state index in [1.54, 1.807) is 31.8 Å². The predicted octanol–water partition coefficient (Wildman–Crippen LogP) is 8.04. The number of halogens is 4. The lowest BCUT2D eigenvalue weighted by Gasteiger charge is -2.36. The number of alkyl halides is 1. The summed E-state index contributed by atoms with van der Waals surface area (Å²) >= 11 is 6.94. The van der Waals surface area contributed by atoms with Crippen molar-refractivity contribution >= 4 is 50.9 Å². The van der Waals surface area contributed by atoms with Crippen molar-refractivity contribution in [2.75, 3.05) is 43.5 Å². The number of rotatable bonds is 5. The molecule has 268 valence electrons. The summed E-state index contributed by atoms with van der Waals surface area (Å²) in [6, 6.07) is 7.26. The van der Waals surface area contributed by atoms with Gasteiger partial charge in [0.1, 0.15) is 29.7 Å². The van der Waals surface area contributed by atoms with Gasteiger partial charge in [0, 0.05) is 48.1 Å². The minimum absolute atomic E-state index is 0.0308. The number of anilines is 2. The number of nitrogens with zero attached hydrogens (tertiary/aromatic N) is 5. The molecule has 3 fully saturated rings. The smallest absolute Gasteiger partial charge is 0.429 e. The molecule has 3 aliphatic rings. The molecule has 7 rings (SSSR count). The maximum Gasteiger partial charge on any atom is 0.429 e. The third-order valence-corrected chi connectivity index (χ3v) is 10.3. The number of benzene rings is 3. The van der Waals surface area contributed by atoms with Gasteiger partial charge in [-0.25, -0.2) is 23.0 Å². The van der Waals surface area contributed by atoms with Gasteiger partial charge in [-0.1, -0.05) is 23.6 Å². The van der Waals surface area contributed by atoms with E-state index in [1.165, 1.54) is 29.3 Å². The Morgan fingerprint density at radius 2 is 1.90 bits per heavy atom. The van der Waals surface area contributed by atoms with Crippen molar-refractivity contribution in [2.24, 2.45) is 0 Å². The van der Waals surface area contributed by atoms with Crippen LogP contribution in [0.4, 0.5) is 29.5 Å². The summed E-state index contributed by atoms with van der Waals surface area (Å²) < 4.78 is 59.0. The number of ether oxygens (including phenoxy) is 2. The van der Waals surface area contributed by atoms with E-state index in [0.29, 0.717) is 44.3 Å². The Kier molecular flexibility index (Phi) is 9.08. The molecule has 0 spiro atoms. The van der Waals surface area contributed by atoms with E-state index in [2.05, 4.69) is 15.8 Å². The first-order chi connectivity index (χ1) is 24.3. The van der Waals surface area contributed by atoms with E-state index in [9.17, 15) is 9.18 Å². The minimum atomic E-state index is -0.977. The fraction of sp³-hybridized carbons (Fsp3) is 0.447. The zero-order valence-electron chi connectivity index (χ0n) is 28.9. The highest BCUT2D eigenvalue weighted by molar-refractivity contribution is 6.35. The van der Waals surface area contributed by atoms with Crippen LogP contribution in [0.15, 0.2) is 30.3 Å². The lowest BCUT2D eigenvalue weighted by atomic mass is 9.92. The maximum absolute atomic E-state index is 17.3. The first-order valence-corrected chi connectivity index (χ1v) is 17.6. The van der Waals surface area contributed by atoms with Crippen LogP contribution in [0.1, 0.15) is 64.9 Å².